The second kappa shape index (κ2) is 19.7. The van der Waals surface area contributed by atoms with Gasteiger partial charge in [-0.05, 0) is 68.5 Å². The van der Waals surface area contributed by atoms with Crippen LogP contribution in [0.3, 0.4) is 0 Å². The highest BCUT2D eigenvalue weighted by atomic mass is 16.7. The maximum absolute atomic E-state index is 12.8. The van der Waals surface area contributed by atoms with Gasteiger partial charge < -0.3 is 42.6 Å². The minimum Gasteiger partial charge on any atom is -0.468 e. The Bertz CT molecular complexity index is 1470. The van der Waals surface area contributed by atoms with Gasteiger partial charge >= 0.3 is 24.2 Å². The summed E-state index contributed by atoms with van der Waals surface area (Å²) in [6.45, 7) is 4.29. The lowest BCUT2D eigenvalue weighted by Crippen LogP contribution is -2.36. The number of benzene rings is 2. The van der Waals surface area contributed by atoms with Gasteiger partial charge in [-0.2, -0.15) is 0 Å². The summed E-state index contributed by atoms with van der Waals surface area (Å²) in [5.74, 6) is -0.888. The van der Waals surface area contributed by atoms with Crippen molar-refractivity contribution >= 4 is 36.5 Å². The van der Waals surface area contributed by atoms with Crippen molar-refractivity contribution in [3.05, 3.63) is 72.3 Å². The second-order valence-corrected chi connectivity index (χ2v) is 11.1. The normalized spacial score (nSPS) is 19.0. The molecule has 2 heterocycles. The Morgan fingerprint density at radius 3 is 1.88 bits per heavy atom. The van der Waals surface area contributed by atoms with Gasteiger partial charge in [0.25, 0.3) is 6.47 Å². The molecule has 4 unspecified atom stereocenters. The molecule has 2 aromatic carbocycles. The third kappa shape index (κ3) is 11.7. The summed E-state index contributed by atoms with van der Waals surface area (Å²) >= 11 is 0. The summed E-state index contributed by atoms with van der Waals surface area (Å²) in [7, 11) is 0. The van der Waals surface area contributed by atoms with Crippen LogP contribution in [0.5, 0.6) is 11.5 Å². The quantitative estimate of drug-likeness (QED) is 0.0378. The van der Waals surface area contributed by atoms with Crippen LogP contribution in [0.4, 0.5) is 9.59 Å². The Hall–Kier alpha value is -5.28. The monoisotopic (exact) mass is 698 g/mol. The highest BCUT2D eigenvalue weighted by Gasteiger charge is 2.51. The maximum Gasteiger partial charge on any atom is 0.514 e. The fourth-order valence-corrected chi connectivity index (χ4v) is 5.01. The molecule has 0 bridgehead atoms. The van der Waals surface area contributed by atoms with Crippen LogP contribution in [0.2, 0.25) is 0 Å². The van der Waals surface area contributed by atoms with Crippen molar-refractivity contribution in [1.82, 2.24) is 0 Å². The summed E-state index contributed by atoms with van der Waals surface area (Å²) in [6.07, 6.45) is -0.410. The number of esters is 2. The van der Waals surface area contributed by atoms with Gasteiger partial charge in [0.2, 0.25) is 0 Å². The van der Waals surface area contributed by atoms with Gasteiger partial charge in [0, 0.05) is 18.1 Å². The summed E-state index contributed by atoms with van der Waals surface area (Å²) in [6, 6.07) is 11.7. The van der Waals surface area contributed by atoms with Crippen molar-refractivity contribution in [3.63, 3.8) is 0 Å². The van der Waals surface area contributed by atoms with Crippen LogP contribution in [0.15, 0.2) is 61.2 Å². The van der Waals surface area contributed by atoms with E-state index in [0.717, 1.165) is 12.5 Å². The van der Waals surface area contributed by atoms with Crippen LogP contribution in [0.25, 0.3) is 0 Å². The lowest BCUT2D eigenvalue weighted by atomic mass is 10.0. The number of fused-ring (bicyclic) bond motifs is 1. The average molecular weight is 699 g/mol. The predicted molar refractivity (Wildman–Crippen MR) is 170 cm³/mol. The van der Waals surface area contributed by atoms with Crippen LogP contribution in [-0.2, 0) is 42.7 Å². The zero-order valence-electron chi connectivity index (χ0n) is 27.2. The number of ketones is 1. The van der Waals surface area contributed by atoms with E-state index in [-0.39, 0.29) is 55.9 Å². The molecule has 2 fully saturated rings. The highest BCUT2D eigenvalue weighted by Crippen LogP contribution is 2.31. The third-order valence-electron chi connectivity index (χ3n) is 7.54. The maximum atomic E-state index is 12.8. The largest absolute Gasteiger partial charge is 0.514 e. The molecule has 268 valence electrons. The minimum absolute atomic E-state index is 0.00569. The van der Waals surface area contributed by atoms with E-state index in [0.29, 0.717) is 44.1 Å². The zero-order chi connectivity index (χ0) is 35.7. The summed E-state index contributed by atoms with van der Waals surface area (Å²) in [4.78, 5) is 70.7. The molecule has 2 aliphatic rings. The van der Waals surface area contributed by atoms with E-state index >= 15 is 0 Å². The number of hydrogen-bond acceptors (Lipinski definition) is 15. The molecule has 0 radical (unpaired) electrons. The van der Waals surface area contributed by atoms with E-state index in [2.05, 4.69) is 11.3 Å². The number of carbonyl (C=O) groups is 6. The molecule has 4 rings (SSSR count). The van der Waals surface area contributed by atoms with Crippen molar-refractivity contribution in [1.29, 1.82) is 0 Å². The molecule has 2 aromatic rings. The van der Waals surface area contributed by atoms with Gasteiger partial charge in [-0.25, -0.2) is 19.2 Å². The molecule has 2 saturated heterocycles. The molecule has 2 aliphatic heterocycles. The van der Waals surface area contributed by atoms with Crippen molar-refractivity contribution in [3.8, 4) is 11.5 Å². The Balaban J connectivity index is 1.14. The smallest absolute Gasteiger partial charge is 0.468 e. The fourth-order valence-electron chi connectivity index (χ4n) is 5.01. The van der Waals surface area contributed by atoms with E-state index in [1.54, 1.807) is 12.1 Å². The molecule has 0 aromatic heterocycles. The first kappa shape index (κ1) is 37.5. The number of Topliss-reactive ketones (excluding diaryl/α,β-unsaturated/α-hetero) is 1. The first-order valence-corrected chi connectivity index (χ1v) is 16.0. The van der Waals surface area contributed by atoms with Crippen molar-refractivity contribution in [2.75, 3.05) is 33.0 Å². The summed E-state index contributed by atoms with van der Waals surface area (Å²) in [5.41, 5.74) is 0.709. The predicted octanol–water partition coefficient (Wildman–Crippen LogP) is 4.53. The van der Waals surface area contributed by atoms with Gasteiger partial charge in [0.15, 0.2) is 18.0 Å². The molecule has 0 spiro atoms. The zero-order valence-corrected chi connectivity index (χ0v) is 27.2. The van der Waals surface area contributed by atoms with Crippen LogP contribution < -0.4 is 9.47 Å². The molecule has 15 nitrogen and oxygen atoms in total. The average Bonchev–Trinajstić information content (AvgIpc) is 3.71. The van der Waals surface area contributed by atoms with Gasteiger partial charge in [-0.1, -0.05) is 18.7 Å². The molecule has 0 saturated carbocycles. The fraction of sp³-hybridized carbons (Fsp3) is 0.429. The van der Waals surface area contributed by atoms with Crippen LogP contribution in [0.1, 0.15) is 59.2 Å². The van der Waals surface area contributed by atoms with Gasteiger partial charge in [0.05, 0.1) is 38.6 Å². The topological polar surface area (TPSA) is 185 Å². The number of ether oxygens (including phenoxy) is 9. The Kier molecular flexibility index (Phi) is 14.8. The van der Waals surface area contributed by atoms with Gasteiger partial charge in [0.1, 0.15) is 23.7 Å². The first-order chi connectivity index (χ1) is 24.3. The number of hydrogen-bond donors (Lipinski definition) is 0. The Morgan fingerprint density at radius 2 is 1.24 bits per heavy atom. The molecule has 0 amide bonds. The molecule has 50 heavy (non-hydrogen) atoms. The van der Waals surface area contributed by atoms with Gasteiger partial charge in [-0.15, -0.1) is 0 Å². The van der Waals surface area contributed by atoms with E-state index in [1.165, 1.54) is 36.4 Å². The lowest BCUT2D eigenvalue weighted by Gasteiger charge is -2.17. The van der Waals surface area contributed by atoms with Crippen LogP contribution >= 0.6 is 0 Å². The second-order valence-electron chi connectivity index (χ2n) is 11.1. The van der Waals surface area contributed by atoms with Crippen LogP contribution in [-0.4, -0.2) is 94.0 Å². The molecule has 0 N–H and O–H groups in total. The van der Waals surface area contributed by atoms with Gasteiger partial charge in [-0.3, -0.25) is 9.59 Å². The van der Waals surface area contributed by atoms with Crippen molar-refractivity contribution in [2.45, 2.75) is 62.9 Å². The lowest BCUT2D eigenvalue weighted by molar-refractivity contribution is -0.137. The van der Waals surface area contributed by atoms with Crippen LogP contribution in [0, 0.1) is 0 Å². The molecule has 15 heteroatoms. The van der Waals surface area contributed by atoms with E-state index in [1.807, 2.05) is 0 Å². The highest BCUT2D eigenvalue weighted by molar-refractivity contribution is 5.97. The number of rotatable bonds is 19. The van der Waals surface area contributed by atoms with E-state index < -0.39 is 48.7 Å². The third-order valence-corrected chi connectivity index (χ3v) is 7.54. The molecular weight excluding hydrogens is 660 g/mol. The molecule has 4 atom stereocenters. The molecule has 0 aliphatic carbocycles. The number of carbonyl (C=O) groups excluding carboxylic acids is 6. The minimum atomic E-state index is -1.02. The van der Waals surface area contributed by atoms with Crippen molar-refractivity contribution in [2.24, 2.45) is 0 Å². The van der Waals surface area contributed by atoms with Crippen molar-refractivity contribution < 1.29 is 71.4 Å². The van der Waals surface area contributed by atoms with E-state index in [4.69, 9.17) is 37.9 Å². The van der Waals surface area contributed by atoms with E-state index in [9.17, 15) is 28.8 Å². The summed E-state index contributed by atoms with van der Waals surface area (Å²) in [5, 5.41) is 0. The standard InChI is InChI=1S/C35H38O15/c1-2-30(38)43-18-5-3-4-8-27(37)23-9-11-24(12-10-23)33(39)49-28-20-45-32-29(21-46-31(28)32)50-35(41)48-26-15-13-25(14-16-26)47-34(40)44-19-7-6-17-42-22-36/h2,9-16,22,28-29,31-32H,1,3-8,17-21H2. The first-order valence-electron chi connectivity index (χ1n) is 16.0. The number of unbranched alkanes of at least 4 members (excludes halogenated alkanes) is 3. The summed E-state index contributed by atoms with van der Waals surface area (Å²) < 4.78 is 47.1. The SMILES string of the molecule is C=CC(=O)OCCCCCC(=O)c1ccc(C(=O)OC2COC3C(OC(=O)Oc4ccc(OC(=O)OCCCCOC=O)cc4)COC23)cc1. The Morgan fingerprint density at radius 1 is 0.680 bits per heavy atom. The Labute approximate surface area is 287 Å². The molecular formula is C35H38O15.